The van der Waals surface area contributed by atoms with Crippen LogP contribution in [0.25, 0.3) is 11.3 Å². The molecule has 1 atom stereocenters. The highest BCUT2D eigenvalue weighted by Gasteiger charge is 2.17. The van der Waals surface area contributed by atoms with E-state index in [0.29, 0.717) is 5.92 Å². The van der Waals surface area contributed by atoms with E-state index in [-0.39, 0.29) is 12.4 Å². The highest BCUT2D eigenvalue weighted by atomic mass is 35.5. The molecule has 1 aromatic carbocycles. The average Bonchev–Trinajstić information content (AvgIpc) is 2.98. The molecule has 1 aliphatic heterocycles. The quantitative estimate of drug-likeness (QED) is 0.915. The number of hydrogen-bond donors (Lipinski definition) is 2. The molecule has 0 saturated carbocycles. The maximum Gasteiger partial charge on any atom is 0.118 e. The van der Waals surface area contributed by atoms with Gasteiger partial charge in [-0.15, -0.1) is 12.4 Å². The molecule has 1 aromatic heterocycles. The molecule has 2 N–H and O–H groups in total. The van der Waals surface area contributed by atoms with Gasteiger partial charge in [-0.05, 0) is 49.7 Å². The van der Waals surface area contributed by atoms with Crippen LogP contribution in [0.1, 0.15) is 24.5 Å². The molecule has 0 radical (unpaired) electrons. The van der Waals surface area contributed by atoms with Gasteiger partial charge in [0.2, 0.25) is 0 Å². The van der Waals surface area contributed by atoms with E-state index < -0.39 is 0 Å². The van der Waals surface area contributed by atoms with E-state index >= 15 is 0 Å². The normalized spacial score (nSPS) is 18.4. The minimum Gasteiger partial charge on any atom is -0.497 e. The number of aromatic amines is 1. The SMILES string of the molecule is COc1ccc(-c2cc(C3CCCNC3)[nH]n2)cc1.Cl. The maximum atomic E-state index is 5.17. The number of nitrogens with zero attached hydrogens (tertiary/aromatic N) is 1. The molecule has 0 aliphatic carbocycles. The number of H-pyrrole nitrogens is 1. The maximum absolute atomic E-state index is 5.17. The highest BCUT2D eigenvalue weighted by Crippen LogP contribution is 2.26. The monoisotopic (exact) mass is 293 g/mol. The van der Waals surface area contributed by atoms with Crippen LogP contribution in [0.2, 0.25) is 0 Å². The van der Waals surface area contributed by atoms with Crippen LogP contribution in [0.3, 0.4) is 0 Å². The van der Waals surface area contributed by atoms with Crippen molar-refractivity contribution in [2.75, 3.05) is 20.2 Å². The Morgan fingerprint density at radius 2 is 2.05 bits per heavy atom. The van der Waals surface area contributed by atoms with Crippen molar-refractivity contribution in [2.24, 2.45) is 0 Å². The molecule has 3 rings (SSSR count). The van der Waals surface area contributed by atoms with E-state index in [1.165, 1.54) is 18.5 Å². The van der Waals surface area contributed by atoms with Gasteiger partial charge < -0.3 is 10.1 Å². The van der Waals surface area contributed by atoms with Crippen molar-refractivity contribution >= 4 is 12.4 Å². The fourth-order valence-electron chi connectivity index (χ4n) is 2.57. The molecule has 1 fully saturated rings. The first kappa shape index (κ1) is 14.9. The van der Waals surface area contributed by atoms with Crippen LogP contribution in [0.4, 0.5) is 0 Å². The molecule has 0 bridgehead atoms. The van der Waals surface area contributed by atoms with Crippen LogP contribution in [0.15, 0.2) is 30.3 Å². The Balaban J connectivity index is 0.00000147. The Morgan fingerprint density at radius 3 is 2.70 bits per heavy atom. The van der Waals surface area contributed by atoms with Gasteiger partial charge >= 0.3 is 0 Å². The third-order valence-electron chi connectivity index (χ3n) is 3.72. The van der Waals surface area contributed by atoms with Crippen LogP contribution >= 0.6 is 12.4 Å². The van der Waals surface area contributed by atoms with E-state index in [2.05, 4.69) is 21.6 Å². The van der Waals surface area contributed by atoms with Gasteiger partial charge in [-0.25, -0.2) is 0 Å². The molecule has 5 heteroatoms. The molecular weight excluding hydrogens is 274 g/mol. The van der Waals surface area contributed by atoms with Gasteiger partial charge in [-0.1, -0.05) is 0 Å². The minimum absolute atomic E-state index is 0. The van der Waals surface area contributed by atoms with E-state index in [4.69, 9.17) is 4.74 Å². The first-order valence-electron chi connectivity index (χ1n) is 6.77. The molecule has 0 spiro atoms. The lowest BCUT2D eigenvalue weighted by Crippen LogP contribution is -2.28. The highest BCUT2D eigenvalue weighted by molar-refractivity contribution is 5.85. The number of nitrogens with one attached hydrogen (secondary N) is 2. The molecule has 1 aliphatic rings. The van der Waals surface area contributed by atoms with Gasteiger partial charge in [-0.3, -0.25) is 5.10 Å². The van der Waals surface area contributed by atoms with Crippen molar-refractivity contribution in [3.8, 4) is 17.0 Å². The number of rotatable bonds is 3. The van der Waals surface area contributed by atoms with Gasteiger partial charge in [0, 0.05) is 23.7 Å². The molecule has 108 valence electrons. The Bertz CT molecular complexity index is 532. The smallest absolute Gasteiger partial charge is 0.118 e. The summed E-state index contributed by atoms with van der Waals surface area (Å²) in [5.74, 6) is 1.43. The topological polar surface area (TPSA) is 49.9 Å². The lowest BCUT2D eigenvalue weighted by atomic mass is 9.96. The van der Waals surface area contributed by atoms with E-state index in [1.807, 2.05) is 24.3 Å². The molecular formula is C15H20ClN3O. The Morgan fingerprint density at radius 1 is 1.25 bits per heavy atom. The molecule has 0 amide bonds. The molecule has 2 heterocycles. The number of halogens is 1. The summed E-state index contributed by atoms with van der Waals surface area (Å²) in [5.41, 5.74) is 3.35. The summed E-state index contributed by atoms with van der Waals surface area (Å²) in [4.78, 5) is 0. The zero-order chi connectivity index (χ0) is 13.1. The van der Waals surface area contributed by atoms with Crippen molar-refractivity contribution in [2.45, 2.75) is 18.8 Å². The van der Waals surface area contributed by atoms with Gasteiger partial charge in [0.15, 0.2) is 0 Å². The van der Waals surface area contributed by atoms with E-state index in [1.54, 1.807) is 7.11 Å². The zero-order valence-electron chi connectivity index (χ0n) is 11.6. The van der Waals surface area contributed by atoms with Crippen molar-refractivity contribution in [3.63, 3.8) is 0 Å². The molecule has 2 aromatic rings. The van der Waals surface area contributed by atoms with Crippen molar-refractivity contribution in [1.29, 1.82) is 0 Å². The summed E-state index contributed by atoms with van der Waals surface area (Å²) in [6, 6.07) is 10.2. The lowest BCUT2D eigenvalue weighted by Gasteiger charge is -2.21. The van der Waals surface area contributed by atoms with Crippen LogP contribution in [0, 0.1) is 0 Å². The second kappa shape index (κ2) is 6.77. The fraction of sp³-hybridized carbons (Fsp3) is 0.400. The van der Waals surface area contributed by atoms with Crippen LogP contribution in [-0.4, -0.2) is 30.4 Å². The second-order valence-electron chi connectivity index (χ2n) is 4.98. The van der Waals surface area contributed by atoms with Crippen LogP contribution in [0.5, 0.6) is 5.75 Å². The Labute approximate surface area is 125 Å². The number of hydrogen-bond acceptors (Lipinski definition) is 3. The summed E-state index contributed by atoms with van der Waals surface area (Å²) in [5, 5.41) is 11.0. The van der Waals surface area contributed by atoms with E-state index in [9.17, 15) is 0 Å². The summed E-state index contributed by atoms with van der Waals surface area (Å²) in [6.45, 7) is 2.18. The molecule has 1 saturated heterocycles. The van der Waals surface area contributed by atoms with Crippen molar-refractivity contribution < 1.29 is 4.74 Å². The number of methoxy groups -OCH3 is 1. The third-order valence-corrected chi connectivity index (χ3v) is 3.72. The number of benzene rings is 1. The van der Waals surface area contributed by atoms with Gasteiger partial charge in [0.25, 0.3) is 0 Å². The molecule has 4 nitrogen and oxygen atoms in total. The predicted molar refractivity (Wildman–Crippen MR) is 82.7 cm³/mol. The lowest BCUT2D eigenvalue weighted by molar-refractivity contribution is 0.415. The van der Waals surface area contributed by atoms with Crippen molar-refractivity contribution in [3.05, 3.63) is 36.0 Å². The Kier molecular flexibility index (Phi) is 5.04. The van der Waals surface area contributed by atoms with Crippen molar-refractivity contribution in [1.82, 2.24) is 15.5 Å². The van der Waals surface area contributed by atoms with Gasteiger partial charge in [0.05, 0.1) is 12.8 Å². The van der Waals surface area contributed by atoms with Crippen LogP contribution in [-0.2, 0) is 0 Å². The van der Waals surface area contributed by atoms with Gasteiger partial charge in [0.1, 0.15) is 5.75 Å². The van der Waals surface area contributed by atoms with Gasteiger partial charge in [-0.2, -0.15) is 5.10 Å². The first-order chi connectivity index (χ1) is 9.36. The number of ether oxygens (including phenoxy) is 1. The summed E-state index contributed by atoms with van der Waals surface area (Å²) >= 11 is 0. The van der Waals surface area contributed by atoms with E-state index in [0.717, 1.165) is 30.1 Å². The Hall–Kier alpha value is -1.52. The fourth-order valence-corrected chi connectivity index (χ4v) is 2.57. The average molecular weight is 294 g/mol. The minimum atomic E-state index is 0. The first-order valence-corrected chi connectivity index (χ1v) is 6.77. The van der Waals surface area contributed by atoms with Crippen LogP contribution < -0.4 is 10.1 Å². The molecule has 1 unspecified atom stereocenters. The zero-order valence-corrected chi connectivity index (χ0v) is 12.4. The standard InChI is InChI=1S/C15H19N3O.ClH/c1-19-13-6-4-11(5-7-13)14-9-15(18-17-14)12-3-2-8-16-10-12;/h4-7,9,12,16H,2-3,8,10H2,1H3,(H,17,18);1H. The number of piperidine rings is 1. The number of aromatic nitrogens is 2. The third kappa shape index (κ3) is 3.14. The molecule has 20 heavy (non-hydrogen) atoms. The second-order valence-corrected chi connectivity index (χ2v) is 4.98. The summed E-state index contributed by atoms with van der Waals surface area (Å²) < 4.78 is 5.17. The largest absolute Gasteiger partial charge is 0.497 e. The summed E-state index contributed by atoms with van der Waals surface area (Å²) in [7, 11) is 1.68. The predicted octanol–water partition coefficient (Wildman–Crippen LogP) is 2.97. The summed E-state index contributed by atoms with van der Waals surface area (Å²) in [6.07, 6.45) is 2.47.